The van der Waals surface area contributed by atoms with E-state index in [9.17, 15) is 13.6 Å². The quantitative estimate of drug-likeness (QED) is 0.761. The third kappa shape index (κ3) is 3.05. The zero-order valence-electron chi connectivity index (χ0n) is 12.2. The summed E-state index contributed by atoms with van der Waals surface area (Å²) in [5, 5.41) is 12.0. The molecule has 0 atom stereocenters. The maximum Gasteiger partial charge on any atom is 0.337 e. The molecule has 3 aromatic rings. The Bertz CT molecular complexity index is 878. The van der Waals surface area contributed by atoms with Crippen LogP contribution in [0.15, 0.2) is 54.9 Å². The summed E-state index contributed by atoms with van der Waals surface area (Å²) in [5.74, 6) is -2.69. The fraction of sp³-hybridized carbons (Fsp3) is 0. The van der Waals surface area contributed by atoms with Crippen LogP contribution in [0.25, 0.3) is 11.4 Å². The second-order valence-corrected chi connectivity index (χ2v) is 4.87. The van der Waals surface area contributed by atoms with Crippen LogP contribution >= 0.6 is 0 Å². The van der Waals surface area contributed by atoms with Gasteiger partial charge in [-0.2, -0.15) is 0 Å². The molecule has 2 N–H and O–H groups in total. The van der Waals surface area contributed by atoms with E-state index in [2.05, 4.69) is 15.3 Å². The third-order valence-corrected chi connectivity index (χ3v) is 3.27. The number of aromatic carboxylic acids is 1. The molecule has 0 amide bonds. The molecular formula is C17H11F2N3O2. The molecule has 0 aliphatic rings. The van der Waals surface area contributed by atoms with Crippen molar-refractivity contribution in [3.05, 3.63) is 72.1 Å². The van der Waals surface area contributed by atoms with E-state index in [-0.39, 0.29) is 17.0 Å². The van der Waals surface area contributed by atoms with Gasteiger partial charge in [-0.25, -0.2) is 23.5 Å². The average Bonchev–Trinajstić information content (AvgIpc) is 2.56. The summed E-state index contributed by atoms with van der Waals surface area (Å²) in [6.07, 6.45) is 2.65. The van der Waals surface area contributed by atoms with Crippen molar-refractivity contribution in [3.8, 4) is 11.4 Å². The Morgan fingerprint density at radius 3 is 2.21 bits per heavy atom. The third-order valence-electron chi connectivity index (χ3n) is 3.27. The van der Waals surface area contributed by atoms with Crippen molar-refractivity contribution in [3.63, 3.8) is 0 Å². The smallest absolute Gasteiger partial charge is 0.337 e. The highest BCUT2D eigenvalue weighted by atomic mass is 19.1. The molecular weight excluding hydrogens is 316 g/mol. The molecule has 3 rings (SSSR count). The molecule has 120 valence electrons. The Morgan fingerprint density at radius 2 is 1.58 bits per heavy atom. The first kappa shape index (κ1) is 15.5. The van der Waals surface area contributed by atoms with E-state index in [1.807, 2.05) is 0 Å². The van der Waals surface area contributed by atoms with Crippen LogP contribution in [0.5, 0.6) is 0 Å². The van der Waals surface area contributed by atoms with Crippen LogP contribution in [-0.4, -0.2) is 21.0 Å². The van der Waals surface area contributed by atoms with E-state index in [0.717, 1.165) is 12.1 Å². The van der Waals surface area contributed by atoms with Crippen molar-refractivity contribution in [2.45, 2.75) is 0 Å². The van der Waals surface area contributed by atoms with Crippen molar-refractivity contribution >= 4 is 17.3 Å². The van der Waals surface area contributed by atoms with E-state index in [1.165, 1.54) is 24.5 Å². The fourth-order valence-corrected chi connectivity index (χ4v) is 2.17. The molecule has 24 heavy (non-hydrogen) atoms. The fourth-order valence-electron chi connectivity index (χ4n) is 2.17. The van der Waals surface area contributed by atoms with Gasteiger partial charge in [0.2, 0.25) is 0 Å². The maximum atomic E-state index is 13.7. The lowest BCUT2D eigenvalue weighted by molar-refractivity contribution is 0.0698. The molecule has 0 aliphatic heterocycles. The number of carboxylic acid groups (broad SMARTS) is 1. The zero-order chi connectivity index (χ0) is 17.1. The summed E-state index contributed by atoms with van der Waals surface area (Å²) in [6, 6.07) is 9.83. The Hall–Kier alpha value is -3.35. The predicted molar refractivity (Wildman–Crippen MR) is 84.1 cm³/mol. The minimum Gasteiger partial charge on any atom is -0.478 e. The summed E-state index contributed by atoms with van der Waals surface area (Å²) in [7, 11) is 0. The molecule has 1 heterocycles. The molecule has 0 spiro atoms. The number of nitrogens with zero attached hydrogens (tertiary/aromatic N) is 2. The van der Waals surface area contributed by atoms with Crippen LogP contribution in [0.3, 0.4) is 0 Å². The van der Waals surface area contributed by atoms with Gasteiger partial charge in [0.15, 0.2) is 5.82 Å². The largest absolute Gasteiger partial charge is 0.478 e. The van der Waals surface area contributed by atoms with E-state index < -0.39 is 17.6 Å². The molecule has 0 fully saturated rings. The molecule has 0 bridgehead atoms. The molecule has 7 heteroatoms. The van der Waals surface area contributed by atoms with Gasteiger partial charge in [0.1, 0.15) is 11.6 Å². The summed E-state index contributed by atoms with van der Waals surface area (Å²) in [4.78, 5) is 19.1. The number of nitrogens with one attached hydrogen (secondary N) is 1. The first-order valence-electron chi connectivity index (χ1n) is 6.92. The van der Waals surface area contributed by atoms with Gasteiger partial charge in [-0.3, -0.25) is 0 Å². The molecule has 2 aromatic carbocycles. The predicted octanol–water partition coefficient (Wildman–Crippen LogP) is 3.86. The Balaban J connectivity index is 1.90. The SMILES string of the molecule is O=C(O)c1ccccc1Nc1cnc(-c2c(F)cccc2F)nc1. The van der Waals surface area contributed by atoms with Gasteiger partial charge in [0.05, 0.1) is 34.9 Å². The van der Waals surface area contributed by atoms with Gasteiger partial charge in [-0.1, -0.05) is 18.2 Å². The van der Waals surface area contributed by atoms with Crippen LogP contribution in [0.4, 0.5) is 20.2 Å². The van der Waals surface area contributed by atoms with Crippen molar-refractivity contribution < 1.29 is 18.7 Å². The van der Waals surface area contributed by atoms with Crippen LogP contribution < -0.4 is 5.32 Å². The number of carbonyl (C=O) groups is 1. The number of para-hydroxylation sites is 1. The summed E-state index contributed by atoms with van der Waals surface area (Å²) < 4.78 is 27.4. The van der Waals surface area contributed by atoms with Gasteiger partial charge in [0, 0.05) is 0 Å². The second-order valence-electron chi connectivity index (χ2n) is 4.87. The van der Waals surface area contributed by atoms with Gasteiger partial charge >= 0.3 is 5.97 Å². The summed E-state index contributed by atoms with van der Waals surface area (Å²) >= 11 is 0. The van der Waals surface area contributed by atoms with Crippen molar-refractivity contribution in [1.82, 2.24) is 9.97 Å². The highest BCUT2D eigenvalue weighted by Gasteiger charge is 2.14. The Labute approximate surface area is 135 Å². The number of carboxylic acids is 1. The average molecular weight is 327 g/mol. The normalized spacial score (nSPS) is 10.4. The van der Waals surface area contributed by atoms with E-state index in [4.69, 9.17) is 5.11 Å². The highest BCUT2D eigenvalue weighted by molar-refractivity contribution is 5.95. The van der Waals surface area contributed by atoms with Gasteiger partial charge in [-0.05, 0) is 24.3 Å². The second kappa shape index (κ2) is 6.41. The molecule has 0 radical (unpaired) electrons. The molecule has 0 unspecified atom stereocenters. The topological polar surface area (TPSA) is 75.1 Å². The number of aromatic nitrogens is 2. The van der Waals surface area contributed by atoms with Gasteiger partial charge in [-0.15, -0.1) is 0 Å². The first-order valence-corrected chi connectivity index (χ1v) is 6.92. The summed E-state index contributed by atoms with van der Waals surface area (Å²) in [5.41, 5.74) is 0.527. The van der Waals surface area contributed by atoms with Crippen LogP contribution in [-0.2, 0) is 0 Å². The lowest BCUT2D eigenvalue weighted by Crippen LogP contribution is -2.03. The number of halogens is 2. The Kier molecular flexibility index (Phi) is 4.15. The summed E-state index contributed by atoms with van der Waals surface area (Å²) in [6.45, 7) is 0. The highest BCUT2D eigenvalue weighted by Crippen LogP contribution is 2.24. The van der Waals surface area contributed by atoms with Crippen molar-refractivity contribution in [2.75, 3.05) is 5.32 Å². The molecule has 0 saturated carbocycles. The van der Waals surface area contributed by atoms with Crippen LogP contribution in [0, 0.1) is 11.6 Å². The standard InChI is InChI=1S/C17H11F2N3O2/c18-12-5-3-6-13(19)15(12)16-20-8-10(9-21-16)22-14-7-2-1-4-11(14)17(23)24/h1-9,22H,(H,23,24). The van der Waals surface area contributed by atoms with E-state index in [0.29, 0.717) is 11.4 Å². The monoisotopic (exact) mass is 327 g/mol. The molecule has 1 aromatic heterocycles. The Morgan fingerprint density at radius 1 is 0.958 bits per heavy atom. The lowest BCUT2D eigenvalue weighted by Gasteiger charge is -2.09. The minimum atomic E-state index is -1.08. The number of anilines is 2. The molecule has 0 aliphatic carbocycles. The maximum absolute atomic E-state index is 13.7. The number of rotatable bonds is 4. The van der Waals surface area contributed by atoms with E-state index in [1.54, 1.807) is 18.2 Å². The number of hydrogen-bond donors (Lipinski definition) is 2. The molecule has 5 nitrogen and oxygen atoms in total. The molecule has 0 saturated heterocycles. The van der Waals surface area contributed by atoms with Crippen molar-refractivity contribution in [2.24, 2.45) is 0 Å². The van der Waals surface area contributed by atoms with E-state index >= 15 is 0 Å². The first-order chi connectivity index (χ1) is 11.6. The minimum absolute atomic E-state index is 0.0849. The van der Waals surface area contributed by atoms with Gasteiger partial charge < -0.3 is 10.4 Å². The van der Waals surface area contributed by atoms with Crippen LogP contribution in [0.1, 0.15) is 10.4 Å². The van der Waals surface area contributed by atoms with Crippen molar-refractivity contribution in [1.29, 1.82) is 0 Å². The van der Waals surface area contributed by atoms with Gasteiger partial charge in [0.25, 0.3) is 0 Å². The number of hydrogen-bond acceptors (Lipinski definition) is 4. The zero-order valence-corrected chi connectivity index (χ0v) is 12.2. The van der Waals surface area contributed by atoms with Crippen LogP contribution in [0.2, 0.25) is 0 Å². The number of benzene rings is 2. The lowest BCUT2D eigenvalue weighted by atomic mass is 10.1.